The number of halogens is 3. The number of hydrogen-bond donors (Lipinski definition) is 1. The Kier molecular flexibility index (Phi) is 5.90. The molecule has 0 aliphatic heterocycles. The lowest BCUT2D eigenvalue weighted by Crippen LogP contribution is -2.28. The average molecular weight is 393 g/mol. The van der Waals surface area contributed by atoms with Gasteiger partial charge >= 0.3 is 0 Å². The number of benzene rings is 1. The molecule has 1 aliphatic rings. The van der Waals surface area contributed by atoms with E-state index in [1.807, 2.05) is 12.1 Å². The van der Waals surface area contributed by atoms with Crippen molar-refractivity contribution in [2.45, 2.75) is 46.5 Å². The minimum absolute atomic E-state index is 0.441. The van der Waals surface area contributed by atoms with Gasteiger partial charge in [-0.2, -0.15) is 0 Å². The van der Waals surface area contributed by atoms with Crippen molar-refractivity contribution in [3.8, 4) is 0 Å². The summed E-state index contributed by atoms with van der Waals surface area (Å²) < 4.78 is 0.911. The van der Waals surface area contributed by atoms with E-state index in [9.17, 15) is 0 Å². The first-order chi connectivity index (χ1) is 9.77. The Labute approximate surface area is 146 Å². The molecule has 4 heteroatoms. The quantitative estimate of drug-likeness (QED) is 0.582. The van der Waals surface area contributed by atoms with Gasteiger partial charge in [-0.1, -0.05) is 59.9 Å². The van der Waals surface area contributed by atoms with E-state index in [0.29, 0.717) is 15.5 Å². The highest BCUT2D eigenvalue weighted by Gasteiger charge is 2.29. The zero-order valence-electron chi connectivity index (χ0n) is 13.0. The Morgan fingerprint density at radius 2 is 1.62 bits per heavy atom. The monoisotopic (exact) mass is 391 g/mol. The zero-order chi connectivity index (χ0) is 15.6. The summed E-state index contributed by atoms with van der Waals surface area (Å²) in [7, 11) is 0. The average Bonchev–Trinajstić information content (AvgIpc) is 2.37. The van der Waals surface area contributed by atoms with Crippen LogP contribution in [0.2, 0.25) is 10.0 Å². The van der Waals surface area contributed by atoms with Crippen LogP contribution >= 0.6 is 39.1 Å². The van der Waals surface area contributed by atoms with Gasteiger partial charge in [-0.15, -0.1) is 0 Å². The van der Waals surface area contributed by atoms with Crippen molar-refractivity contribution in [3.63, 3.8) is 0 Å². The minimum atomic E-state index is 0.441. The minimum Gasteiger partial charge on any atom is -0.382 e. The van der Waals surface area contributed by atoms with E-state index in [1.165, 1.54) is 25.7 Å². The molecular formula is C17H24BrCl2N. The first kappa shape index (κ1) is 17.4. The SMILES string of the molecule is CC(C)(C)C1CCC(CNc2c(Cl)cc(Br)cc2Cl)CC1. The molecule has 1 nitrogen and oxygen atoms in total. The van der Waals surface area contributed by atoms with Crippen molar-refractivity contribution in [3.05, 3.63) is 26.7 Å². The van der Waals surface area contributed by atoms with Gasteiger partial charge in [0.1, 0.15) is 0 Å². The van der Waals surface area contributed by atoms with E-state index < -0.39 is 0 Å². The molecular weight excluding hydrogens is 369 g/mol. The van der Waals surface area contributed by atoms with Crippen molar-refractivity contribution in [1.29, 1.82) is 0 Å². The van der Waals surface area contributed by atoms with Gasteiger partial charge in [0.25, 0.3) is 0 Å². The lowest BCUT2D eigenvalue weighted by Gasteiger charge is -2.37. The van der Waals surface area contributed by atoms with E-state index in [0.717, 1.165) is 28.5 Å². The highest BCUT2D eigenvalue weighted by molar-refractivity contribution is 9.10. The zero-order valence-corrected chi connectivity index (χ0v) is 16.1. The van der Waals surface area contributed by atoms with Crippen LogP contribution in [0.5, 0.6) is 0 Å². The number of anilines is 1. The normalized spacial score (nSPS) is 23.1. The molecule has 1 aliphatic carbocycles. The van der Waals surface area contributed by atoms with Crippen molar-refractivity contribution in [2.75, 3.05) is 11.9 Å². The molecule has 0 aromatic heterocycles. The van der Waals surface area contributed by atoms with Gasteiger partial charge in [-0.3, -0.25) is 0 Å². The van der Waals surface area contributed by atoms with Gasteiger partial charge in [0.05, 0.1) is 15.7 Å². The van der Waals surface area contributed by atoms with Gasteiger partial charge in [0, 0.05) is 11.0 Å². The molecule has 0 radical (unpaired) electrons. The van der Waals surface area contributed by atoms with Crippen LogP contribution < -0.4 is 5.32 Å². The lowest BCUT2D eigenvalue weighted by molar-refractivity contribution is 0.153. The molecule has 21 heavy (non-hydrogen) atoms. The summed E-state index contributed by atoms with van der Waals surface area (Å²) in [6.07, 6.45) is 5.25. The second-order valence-electron chi connectivity index (χ2n) is 7.21. The summed E-state index contributed by atoms with van der Waals surface area (Å²) >= 11 is 15.9. The van der Waals surface area contributed by atoms with Crippen molar-refractivity contribution in [1.82, 2.24) is 0 Å². The summed E-state index contributed by atoms with van der Waals surface area (Å²) in [5.41, 5.74) is 1.30. The Bertz CT molecular complexity index is 465. The van der Waals surface area contributed by atoms with Crippen LogP contribution in [0.25, 0.3) is 0 Å². The molecule has 1 aromatic carbocycles. The maximum absolute atomic E-state index is 6.26. The van der Waals surface area contributed by atoms with E-state index in [2.05, 4.69) is 42.0 Å². The van der Waals surface area contributed by atoms with Gasteiger partial charge in [-0.05, 0) is 55.1 Å². The maximum Gasteiger partial charge on any atom is 0.0719 e. The van der Waals surface area contributed by atoms with E-state index in [-0.39, 0.29) is 0 Å². The highest BCUT2D eigenvalue weighted by Crippen LogP contribution is 2.40. The third-order valence-corrected chi connectivity index (χ3v) is 5.70. The van der Waals surface area contributed by atoms with Crippen molar-refractivity contribution in [2.24, 2.45) is 17.3 Å². The molecule has 0 amide bonds. The van der Waals surface area contributed by atoms with Crippen LogP contribution in [-0.4, -0.2) is 6.54 Å². The molecule has 1 saturated carbocycles. The smallest absolute Gasteiger partial charge is 0.0719 e. The summed E-state index contributed by atoms with van der Waals surface area (Å²) in [4.78, 5) is 0. The topological polar surface area (TPSA) is 12.0 Å². The number of nitrogens with one attached hydrogen (secondary N) is 1. The molecule has 1 aromatic rings. The second-order valence-corrected chi connectivity index (χ2v) is 8.94. The van der Waals surface area contributed by atoms with Crippen molar-refractivity contribution >= 4 is 44.8 Å². The second kappa shape index (κ2) is 7.10. The van der Waals surface area contributed by atoms with Crippen LogP contribution in [-0.2, 0) is 0 Å². The Morgan fingerprint density at radius 1 is 1.10 bits per heavy atom. The molecule has 0 unspecified atom stereocenters. The van der Waals surface area contributed by atoms with Crippen LogP contribution in [0.1, 0.15) is 46.5 Å². The van der Waals surface area contributed by atoms with Gasteiger partial charge < -0.3 is 5.32 Å². The van der Waals surface area contributed by atoms with Gasteiger partial charge in [-0.25, -0.2) is 0 Å². The molecule has 0 saturated heterocycles. The first-order valence-electron chi connectivity index (χ1n) is 7.66. The molecule has 118 valence electrons. The van der Waals surface area contributed by atoms with Gasteiger partial charge in [0.2, 0.25) is 0 Å². The number of rotatable bonds is 3. The fourth-order valence-electron chi connectivity index (χ4n) is 3.19. The van der Waals surface area contributed by atoms with Crippen LogP contribution in [0, 0.1) is 17.3 Å². The number of hydrogen-bond acceptors (Lipinski definition) is 1. The fraction of sp³-hybridized carbons (Fsp3) is 0.647. The predicted molar refractivity (Wildman–Crippen MR) is 97.6 cm³/mol. The Balaban J connectivity index is 1.88. The molecule has 1 fully saturated rings. The third kappa shape index (κ3) is 4.77. The summed E-state index contributed by atoms with van der Waals surface area (Å²) in [6.45, 7) is 8.03. The standard InChI is InChI=1S/C17H24BrCl2N/c1-17(2,3)12-6-4-11(5-7-12)10-21-16-14(19)8-13(18)9-15(16)20/h8-9,11-12,21H,4-7,10H2,1-3H3. The molecule has 2 rings (SSSR count). The van der Waals surface area contributed by atoms with E-state index in [4.69, 9.17) is 23.2 Å². The van der Waals surface area contributed by atoms with E-state index in [1.54, 1.807) is 0 Å². The summed E-state index contributed by atoms with van der Waals surface area (Å²) in [5.74, 6) is 1.58. The Hall–Kier alpha value is 0.0800. The third-order valence-electron chi connectivity index (χ3n) is 4.65. The fourth-order valence-corrected chi connectivity index (χ4v) is 4.53. The van der Waals surface area contributed by atoms with Crippen molar-refractivity contribution < 1.29 is 0 Å². The largest absolute Gasteiger partial charge is 0.382 e. The van der Waals surface area contributed by atoms with Crippen LogP contribution in [0.4, 0.5) is 5.69 Å². The van der Waals surface area contributed by atoms with Crippen LogP contribution in [0.15, 0.2) is 16.6 Å². The molecule has 1 N–H and O–H groups in total. The lowest BCUT2D eigenvalue weighted by atomic mass is 9.70. The predicted octanol–water partition coefficient (Wildman–Crippen LogP) is 7.02. The Morgan fingerprint density at radius 3 is 2.10 bits per heavy atom. The maximum atomic E-state index is 6.26. The highest BCUT2D eigenvalue weighted by atomic mass is 79.9. The first-order valence-corrected chi connectivity index (χ1v) is 9.20. The van der Waals surface area contributed by atoms with Crippen LogP contribution in [0.3, 0.4) is 0 Å². The summed E-state index contributed by atoms with van der Waals surface area (Å²) in [6, 6.07) is 3.76. The van der Waals surface area contributed by atoms with Gasteiger partial charge in [0.15, 0.2) is 0 Å². The molecule has 0 spiro atoms. The molecule has 0 bridgehead atoms. The van der Waals surface area contributed by atoms with E-state index >= 15 is 0 Å². The molecule has 0 atom stereocenters. The summed E-state index contributed by atoms with van der Waals surface area (Å²) in [5, 5.41) is 4.80. The molecule has 0 heterocycles.